The molecular formula is C18H17F3N4O2. The van der Waals surface area contributed by atoms with Crippen LogP contribution in [0.25, 0.3) is 11.0 Å². The molecule has 6 nitrogen and oxygen atoms in total. The number of aromatic amines is 1. The standard InChI is InChI=1S/C18H17F3N4O2/c19-18(20,21)11-27-16-8-7-12(10-23-16)17(26)22-9-3-6-15-24-13-4-1-2-5-14(13)25-15/h1-2,4-5,7-8,10H,3,6,9,11H2,(H,22,26)(H,24,25). The van der Waals surface area contributed by atoms with Gasteiger partial charge >= 0.3 is 6.18 Å². The molecule has 2 aromatic heterocycles. The normalized spacial score (nSPS) is 11.5. The molecule has 3 aromatic rings. The molecule has 9 heteroatoms. The van der Waals surface area contributed by atoms with Crippen LogP contribution in [0.1, 0.15) is 22.6 Å². The van der Waals surface area contributed by atoms with Crippen LogP contribution in [0.2, 0.25) is 0 Å². The van der Waals surface area contributed by atoms with E-state index in [1.54, 1.807) is 0 Å². The summed E-state index contributed by atoms with van der Waals surface area (Å²) >= 11 is 0. The monoisotopic (exact) mass is 378 g/mol. The molecule has 1 aromatic carbocycles. The lowest BCUT2D eigenvalue weighted by Crippen LogP contribution is -2.25. The molecule has 0 aliphatic carbocycles. The minimum absolute atomic E-state index is 0.186. The SMILES string of the molecule is O=C(NCCCc1nc2ccccc2[nH]1)c1ccc(OCC(F)(F)F)nc1. The van der Waals surface area contributed by atoms with Gasteiger partial charge in [0.1, 0.15) is 5.82 Å². The van der Waals surface area contributed by atoms with Crippen molar-refractivity contribution in [3.8, 4) is 5.88 Å². The second-order valence-corrected chi connectivity index (χ2v) is 5.85. The Morgan fingerprint density at radius 3 is 2.70 bits per heavy atom. The topological polar surface area (TPSA) is 79.9 Å². The molecule has 2 N–H and O–H groups in total. The number of carbonyl (C=O) groups excluding carboxylic acids is 1. The maximum absolute atomic E-state index is 12.1. The highest BCUT2D eigenvalue weighted by molar-refractivity contribution is 5.93. The first kappa shape index (κ1) is 18.7. The van der Waals surface area contributed by atoms with E-state index in [4.69, 9.17) is 0 Å². The molecule has 27 heavy (non-hydrogen) atoms. The Morgan fingerprint density at radius 1 is 1.19 bits per heavy atom. The minimum Gasteiger partial charge on any atom is -0.468 e. The average molecular weight is 378 g/mol. The zero-order chi connectivity index (χ0) is 19.3. The molecule has 1 amide bonds. The second-order valence-electron chi connectivity index (χ2n) is 5.85. The molecule has 0 aliphatic heterocycles. The Morgan fingerprint density at radius 2 is 2.00 bits per heavy atom. The summed E-state index contributed by atoms with van der Waals surface area (Å²) in [6, 6.07) is 10.3. The molecule has 2 heterocycles. The van der Waals surface area contributed by atoms with E-state index in [2.05, 4.69) is 25.0 Å². The van der Waals surface area contributed by atoms with E-state index < -0.39 is 12.8 Å². The average Bonchev–Trinajstić information content (AvgIpc) is 3.06. The van der Waals surface area contributed by atoms with Crippen LogP contribution in [-0.4, -0.2) is 40.2 Å². The third kappa shape index (κ3) is 5.44. The van der Waals surface area contributed by atoms with Gasteiger partial charge in [0.15, 0.2) is 6.61 Å². The molecule has 3 rings (SSSR count). The maximum Gasteiger partial charge on any atom is 0.422 e. The van der Waals surface area contributed by atoms with Crippen molar-refractivity contribution in [3.05, 3.63) is 54.0 Å². The predicted molar refractivity (Wildman–Crippen MR) is 92.5 cm³/mol. The summed E-state index contributed by atoms with van der Waals surface area (Å²) in [5, 5.41) is 2.74. The van der Waals surface area contributed by atoms with Crippen LogP contribution >= 0.6 is 0 Å². The van der Waals surface area contributed by atoms with Crippen molar-refractivity contribution in [3.63, 3.8) is 0 Å². The van der Waals surface area contributed by atoms with Gasteiger partial charge in [-0.2, -0.15) is 13.2 Å². The van der Waals surface area contributed by atoms with Crippen molar-refractivity contribution in [1.29, 1.82) is 0 Å². The number of amides is 1. The molecule has 0 radical (unpaired) electrons. The quantitative estimate of drug-likeness (QED) is 0.619. The number of nitrogens with one attached hydrogen (secondary N) is 2. The van der Waals surface area contributed by atoms with Gasteiger partial charge in [0.25, 0.3) is 5.91 Å². The number of fused-ring (bicyclic) bond motifs is 1. The van der Waals surface area contributed by atoms with Crippen LogP contribution in [0.5, 0.6) is 5.88 Å². The third-order valence-electron chi connectivity index (χ3n) is 3.70. The van der Waals surface area contributed by atoms with Gasteiger partial charge in [-0.25, -0.2) is 9.97 Å². The summed E-state index contributed by atoms with van der Waals surface area (Å²) in [5.41, 5.74) is 2.11. The number of nitrogens with zero attached hydrogens (tertiary/aromatic N) is 2. The lowest BCUT2D eigenvalue weighted by molar-refractivity contribution is -0.154. The van der Waals surface area contributed by atoms with E-state index in [-0.39, 0.29) is 17.4 Å². The van der Waals surface area contributed by atoms with Gasteiger partial charge in [0.2, 0.25) is 5.88 Å². The molecular weight excluding hydrogens is 361 g/mol. The lowest BCUT2D eigenvalue weighted by Gasteiger charge is -2.08. The van der Waals surface area contributed by atoms with E-state index in [1.807, 2.05) is 24.3 Å². The Balaban J connectivity index is 1.43. The Labute approximate surface area is 152 Å². The first-order valence-electron chi connectivity index (χ1n) is 8.28. The van der Waals surface area contributed by atoms with Crippen molar-refractivity contribution in [2.45, 2.75) is 19.0 Å². The largest absolute Gasteiger partial charge is 0.468 e. The number of para-hydroxylation sites is 2. The maximum atomic E-state index is 12.1. The fraction of sp³-hybridized carbons (Fsp3) is 0.278. The molecule has 0 spiro atoms. The lowest BCUT2D eigenvalue weighted by atomic mass is 10.2. The van der Waals surface area contributed by atoms with Gasteiger partial charge in [-0.1, -0.05) is 12.1 Å². The predicted octanol–water partition coefficient (Wildman–Crippen LogP) is 3.26. The molecule has 0 saturated heterocycles. The number of H-pyrrole nitrogens is 1. The molecule has 0 fully saturated rings. The second kappa shape index (κ2) is 8.07. The highest BCUT2D eigenvalue weighted by Gasteiger charge is 2.28. The Kier molecular flexibility index (Phi) is 5.58. The number of hydrogen-bond acceptors (Lipinski definition) is 4. The summed E-state index contributed by atoms with van der Waals surface area (Å²) < 4.78 is 40.7. The van der Waals surface area contributed by atoms with Crippen molar-refractivity contribution in [2.75, 3.05) is 13.2 Å². The smallest absolute Gasteiger partial charge is 0.422 e. The van der Waals surface area contributed by atoms with E-state index in [0.29, 0.717) is 19.4 Å². The third-order valence-corrected chi connectivity index (χ3v) is 3.70. The van der Waals surface area contributed by atoms with E-state index >= 15 is 0 Å². The first-order chi connectivity index (χ1) is 12.9. The number of hydrogen-bond donors (Lipinski definition) is 2. The summed E-state index contributed by atoms with van der Waals surface area (Å²) in [4.78, 5) is 23.4. The number of aromatic nitrogens is 3. The highest BCUT2D eigenvalue weighted by Crippen LogP contribution is 2.17. The van der Waals surface area contributed by atoms with E-state index in [1.165, 1.54) is 18.3 Å². The number of carbonyl (C=O) groups is 1. The van der Waals surface area contributed by atoms with Crippen molar-refractivity contribution >= 4 is 16.9 Å². The molecule has 0 bridgehead atoms. The van der Waals surface area contributed by atoms with Crippen LogP contribution in [0, 0.1) is 0 Å². The summed E-state index contributed by atoms with van der Waals surface area (Å²) in [6.45, 7) is -0.991. The summed E-state index contributed by atoms with van der Waals surface area (Å²) in [7, 11) is 0. The number of pyridine rings is 1. The van der Waals surface area contributed by atoms with Crippen LogP contribution in [-0.2, 0) is 6.42 Å². The van der Waals surface area contributed by atoms with Crippen molar-refractivity contribution in [1.82, 2.24) is 20.3 Å². The van der Waals surface area contributed by atoms with Crippen LogP contribution in [0.4, 0.5) is 13.2 Å². The minimum atomic E-state index is -4.43. The van der Waals surface area contributed by atoms with Gasteiger partial charge in [-0.05, 0) is 24.6 Å². The molecule has 142 valence electrons. The number of imidazole rings is 1. The van der Waals surface area contributed by atoms with Gasteiger partial charge in [-0.3, -0.25) is 4.79 Å². The number of rotatable bonds is 7. The molecule has 0 unspecified atom stereocenters. The fourth-order valence-electron chi connectivity index (χ4n) is 2.44. The fourth-order valence-corrected chi connectivity index (χ4v) is 2.44. The zero-order valence-corrected chi connectivity index (χ0v) is 14.2. The summed E-state index contributed by atoms with van der Waals surface area (Å²) in [5.74, 6) is 0.307. The molecule has 0 aliphatic rings. The number of aryl methyl sites for hydroxylation is 1. The van der Waals surface area contributed by atoms with Crippen LogP contribution in [0.15, 0.2) is 42.6 Å². The molecule has 0 saturated carbocycles. The van der Waals surface area contributed by atoms with Crippen LogP contribution in [0.3, 0.4) is 0 Å². The van der Waals surface area contributed by atoms with Gasteiger partial charge in [0, 0.05) is 25.2 Å². The Hall–Kier alpha value is -3.10. The first-order valence-corrected chi connectivity index (χ1v) is 8.28. The number of ether oxygens (including phenoxy) is 1. The van der Waals surface area contributed by atoms with E-state index in [0.717, 1.165) is 16.9 Å². The highest BCUT2D eigenvalue weighted by atomic mass is 19.4. The van der Waals surface area contributed by atoms with E-state index in [9.17, 15) is 18.0 Å². The van der Waals surface area contributed by atoms with Crippen molar-refractivity contribution in [2.24, 2.45) is 0 Å². The number of halogens is 3. The van der Waals surface area contributed by atoms with Gasteiger partial charge in [-0.15, -0.1) is 0 Å². The number of alkyl halides is 3. The summed E-state index contributed by atoms with van der Waals surface area (Å²) in [6.07, 6.45) is -1.89. The number of benzene rings is 1. The zero-order valence-electron chi connectivity index (χ0n) is 14.2. The van der Waals surface area contributed by atoms with Crippen LogP contribution < -0.4 is 10.1 Å². The van der Waals surface area contributed by atoms with Gasteiger partial charge in [0.05, 0.1) is 16.6 Å². The van der Waals surface area contributed by atoms with Gasteiger partial charge < -0.3 is 15.0 Å². The Bertz CT molecular complexity index is 874. The molecule has 0 atom stereocenters. The van der Waals surface area contributed by atoms with Crippen molar-refractivity contribution < 1.29 is 22.7 Å².